The maximum atomic E-state index is 12.9. The normalized spacial score (nSPS) is 15.4. The number of aliphatic carboxylic acids is 1. The Balaban J connectivity index is 1.76. The number of urea groups is 1. The van der Waals surface area contributed by atoms with E-state index < -0.39 is 30.0 Å². The van der Waals surface area contributed by atoms with Gasteiger partial charge in [0.2, 0.25) is 11.9 Å². The molecule has 9 heteroatoms. The van der Waals surface area contributed by atoms with Gasteiger partial charge in [0.25, 0.3) is 0 Å². The number of carboxylic acids is 1. The van der Waals surface area contributed by atoms with E-state index in [0.717, 1.165) is 11.0 Å². The number of carbonyl (C=O) groups is 3. The number of aromatic nitrogens is 2. The van der Waals surface area contributed by atoms with Crippen molar-refractivity contribution in [1.29, 1.82) is 0 Å². The molecule has 0 radical (unpaired) electrons. The molecule has 2 aromatic rings. The number of nitrogens with zero attached hydrogens (tertiary/aromatic N) is 3. The Kier molecular flexibility index (Phi) is 5.76. The maximum Gasteiger partial charge on any atom is 0.324 e. The van der Waals surface area contributed by atoms with Crippen molar-refractivity contribution in [3.05, 3.63) is 24.3 Å². The lowest BCUT2D eigenvalue weighted by molar-refractivity contribution is -0.309. The van der Waals surface area contributed by atoms with Gasteiger partial charge in [-0.15, -0.1) is 0 Å². The quantitative estimate of drug-likeness (QED) is 0.731. The van der Waals surface area contributed by atoms with Gasteiger partial charge in [-0.05, 0) is 24.0 Å². The van der Waals surface area contributed by atoms with E-state index in [2.05, 4.69) is 15.6 Å². The van der Waals surface area contributed by atoms with Crippen LogP contribution in [0.4, 0.5) is 10.7 Å². The summed E-state index contributed by atoms with van der Waals surface area (Å²) in [4.78, 5) is 42.9. The molecule has 0 saturated heterocycles. The van der Waals surface area contributed by atoms with E-state index in [9.17, 15) is 19.5 Å². The lowest BCUT2D eigenvalue weighted by Crippen LogP contribution is -2.58. The number of benzene rings is 1. The summed E-state index contributed by atoms with van der Waals surface area (Å²) in [7, 11) is 0. The second-order valence-corrected chi connectivity index (χ2v) is 7.92. The monoisotopic (exact) mass is 400 g/mol. The van der Waals surface area contributed by atoms with Crippen LogP contribution in [0.25, 0.3) is 11.0 Å². The molecule has 2 N–H and O–H groups in total. The summed E-state index contributed by atoms with van der Waals surface area (Å²) in [5, 5.41) is 16.5. The summed E-state index contributed by atoms with van der Waals surface area (Å²) in [6.45, 7) is 7.98. The van der Waals surface area contributed by atoms with Gasteiger partial charge >= 0.3 is 6.03 Å². The van der Waals surface area contributed by atoms with E-state index in [1.54, 1.807) is 27.7 Å². The Morgan fingerprint density at radius 3 is 2.28 bits per heavy atom. The highest BCUT2D eigenvalue weighted by Gasteiger charge is 2.33. The Bertz CT molecular complexity index is 936. The molecule has 0 bridgehead atoms. The average molecular weight is 400 g/mol. The lowest BCUT2D eigenvalue weighted by atomic mass is 10.0. The number of imidazole rings is 1. The number of para-hydroxylation sites is 2. The van der Waals surface area contributed by atoms with E-state index in [0.29, 0.717) is 19.0 Å². The number of anilines is 1. The molecule has 2 atom stereocenters. The van der Waals surface area contributed by atoms with Gasteiger partial charge in [0.05, 0.1) is 23.0 Å². The molecule has 3 rings (SSSR count). The molecule has 0 aliphatic carbocycles. The summed E-state index contributed by atoms with van der Waals surface area (Å²) in [6, 6.07) is 5.18. The molecule has 0 spiro atoms. The molecule has 1 aromatic carbocycles. The maximum absolute atomic E-state index is 12.9. The number of fused-ring (bicyclic) bond motifs is 3. The van der Waals surface area contributed by atoms with Crippen LogP contribution < -0.4 is 20.6 Å². The summed E-state index contributed by atoms with van der Waals surface area (Å²) in [6.07, 6.45) is 0. The van der Waals surface area contributed by atoms with Gasteiger partial charge in [0.15, 0.2) is 0 Å². The highest BCUT2D eigenvalue weighted by atomic mass is 16.4. The Labute approximate surface area is 169 Å². The molecule has 0 fully saturated rings. The third-order valence-electron chi connectivity index (χ3n) is 5.11. The van der Waals surface area contributed by atoms with Crippen molar-refractivity contribution in [2.45, 2.75) is 46.3 Å². The lowest BCUT2D eigenvalue weighted by Gasteiger charge is -2.29. The third-order valence-corrected chi connectivity index (χ3v) is 5.11. The van der Waals surface area contributed by atoms with Crippen LogP contribution in [-0.2, 0) is 16.1 Å². The van der Waals surface area contributed by atoms with Gasteiger partial charge in [0.1, 0.15) is 6.04 Å². The predicted molar refractivity (Wildman–Crippen MR) is 106 cm³/mol. The minimum atomic E-state index is -1.35. The number of carbonyl (C=O) groups excluding carboxylic acids is 3. The molecule has 156 valence electrons. The van der Waals surface area contributed by atoms with Gasteiger partial charge < -0.3 is 25.1 Å². The minimum Gasteiger partial charge on any atom is -0.548 e. The number of rotatable bonds is 6. The van der Waals surface area contributed by atoms with Crippen molar-refractivity contribution in [2.75, 3.05) is 11.4 Å². The fourth-order valence-corrected chi connectivity index (χ4v) is 3.47. The van der Waals surface area contributed by atoms with Crippen LogP contribution in [0.5, 0.6) is 0 Å². The van der Waals surface area contributed by atoms with Crippen molar-refractivity contribution < 1.29 is 19.5 Å². The zero-order chi connectivity index (χ0) is 21.3. The number of carboxylic acid groups (broad SMARTS) is 1. The van der Waals surface area contributed by atoms with E-state index in [4.69, 9.17) is 0 Å². The summed E-state index contributed by atoms with van der Waals surface area (Å²) in [5.41, 5.74) is 1.75. The van der Waals surface area contributed by atoms with Crippen molar-refractivity contribution in [1.82, 2.24) is 20.2 Å². The van der Waals surface area contributed by atoms with Gasteiger partial charge in [-0.25, -0.2) is 9.78 Å². The molecule has 1 aromatic heterocycles. The molecule has 1 aliphatic rings. The summed E-state index contributed by atoms with van der Waals surface area (Å²) in [5.74, 6) is -1.96. The zero-order valence-corrected chi connectivity index (χ0v) is 17.0. The first-order valence-electron chi connectivity index (χ1n) is 9.75. The predicted octanol–water partition coefficient (Wildman–Crippen LogP) is 0.481. The van der Waals surface area contributed by atoms with Crippen LogP contribution in [0.3, 0.4) is 0 Å². The first-order chi connectivity index (χ1) is 13.7. The molecular formula is C20H26N5O4-. The third kappa shape index (κ3) is 4.03. The molecule has 2 heterocycles. The van der Waals surface area contributed by atoms with Crippen LogP contribution in [0.1, 0.15) is 27.7 Å². The van der Waals surface area contributed by atoms with Gasteiger partial charge in [0, 0.05) is 13.1 Å². The first kappa shape index (κ1) is 20.6. The van der Waals surface area contributed by atoms with Gasteiger partial charge in [-0.2, -0.15) is 0 Å². The van der Waals surface area contributed by atoms with Crippen LogP contribution in [0, 0.1) is 11.8 Å². The van der Waals surface area contributed by atoms with Crippen LogP contribution >= 0.6 is 0 Å². The highest BCUT2D eigenvalue weighted by Crippen LogP contribution is 2.27. The number of hydrogen-bond acceptors (Lipinski definition) is 5. The average Bonchev–Trinajstić information content (AvgIpc) is 3.22. The fraction of sp³-hybridized carbons (Fsp3) is 0.500. The van der Waals surface area contributed by atoms with Crippen LogP contribution in [0.15, 0.2) is 24.3 Å². The van der Waals surface area contributed by atoms with Crippen molar-refractivity contribution >= 4 is 34.9 Å². The largest absolute Gasteiger partial charge is 0.548 e. The second kappa shape index (κ2) is 8.10. The molecule has 0 saturated carbocycles. The van der Waals surface area contributed by atoms with Gasteiger partial charge in [-0.3, -0.25) is 9.69 Å². The zero-order valence-electron chi connectivity index (χ0n) is 17.0. The minimum absolute atomic E-state index is 0.241. The van der Waals surface area contributed by atoms with Gasteiger partial charge in [-0.1, -0.05) is 39.8 Å². The first-order valence-corrected chi connectivity index (χ1v) is 9.75. The highest BCUT2D eigenvalue weighted by molar-refractivity contribution is 5.97. The standard InChI is InChI=1S/C20H27N5O4/c1-11(2)15(17(26)22-16(12(3)4)18(27)28)23-20(29)25-10-9-24-14-8-6-5-7-13(14)21-19(24)25/h5-8,11-12,15-16H,9-10H2,1-4H3,(H,22,26)(H,23,29)(H,27,28)/p-1/t15-,16-/m0/s1. The fourth-order valence-electron chi connectivity index (χ4n) is 3.47. The second-order valence-electron chi connectivity index (χ2n) is 7.92. The molecule has 3 amide bonds. The van der Waals surface area contributed by atoms with Crippen molar-refractivity contribution in [2.24, 2.45) is 11.8 Å². The Morgan fingerprint density at radius 2 is 1.66 bits per heavy atom. The van der Waals surface area contributed by atoms with E-state index in [-0.39, 0.29) is 11.8 Å². The smallest absolute Gasteiger partial charge is 0.324 e. The van der Waals surface area contributed by atoms with E-state index in [1.165, 1.54) is 4.90 Å². The van der Waals surface area contributed by atoms with Crippen LogP contribution in [-0.4, -0.2) is 46.1 Å². The molecule has 1 aliphatic heterocycles. The van der Waals surface area contributed by atoms with E-state index >= 15 is 0 Å². The van der Waals surface area contributed by atoms with Crippen molar-refractivity contribution in [3.63, 3.8) is 0 Å². The number of amides is 3. The SMILES string of the molecule is CC(C)[C@H](NC(=O)[C@@H](NC(=O)N1CCn2c1nc1ccccc12)C(C)C)C(=O)[O-]. The van der Waals surface area contributed by atoms with Crippen LogP contribution in [0.2, 0.25) is 0 Å². The Hall–Kier alpha value is -3.10. The molecular weight excluding hydrogens is 374 g/mol. The topological polar surface area (TPSA) is 119 Å². The number of nitrogens with one attached hydrogen (secondary N) is 2. The number of hydrogen-bond donors (Lipinski definition) is 2. The Morgan fingerprint density at radius 1 is 1.00 bits per heavy atom. The molecule has 29 heavy (non-hydrogen) atoms. The molecule has 0 unspecified atom stereocenters. The van der Waals surface area contributed by atoms with Crippen molar-refractivity contribution in [3.8, 4) is 0 Å². The summed E-state index contributed by atoms with van der Waals surface area (Å²) < 4.78 is 1.96. The van der Waals surface area contributed by atoms with E-state index in [1.807, 2.05) is 28.8 Å². The molecule has 9 nitrogen and oxygen atoms in total. The summed E-state index contributed by atoms with van der Waals surface area (Å²) >= 11 is 0.